The Hall–Kier alpha value is -0.300. The minimum atomic E-state index is -0.107. The molecule has 1 N–H and O–H groups in total. The van der Waals surface area contributed by atoms with Crippen LogP contribution in [0.1, 0.15) is 59.8 Å². The number of hydrogen-bond donors (Lipinski definition) is 1. The largest absolute Gasteiger partial charge is 0.393 e. The van der Waals surface area contributed by atoms with Crippen LogP contribution < -0.4 is 0 Å². The van der Waals surface area contributed by atoms with Crippen LogP contribution in [0.3, 0.4) is 0 Å². The Morgan fingerprint density at radius 2 is 1.94 bits per heavy atom. The Morgan fingerprint density at radius 1 is 1.25 bits per heavy atom. The Morgan fingerprint density at radius 3 is 2.62 bits per heavy atom. The molecule has 0 amide bonds. The molecule has 0 aliphatic heterocycles. The summed E-state index contributed by atoms with van der Waals surface area (Å²) in [4.78, 5) is 0. The summed E-state index contributed by atoms with van der Waals surface area (Å²) < 4.78 is 0. The van der Waals surface area contributed by atoms with Gasteiger partial charge in [-0.3, -0.25) is 0 Å². The van der Waals surface area contributed by atoms with E-state index in [4.69, 9.17) is 0 Å². The Balaban J connectivity index is 2.30. The van der Waals surface area contributed by atoms with E-state index in [-0.39, 0.29) is 11.5 Å². The maximum atomic E-state index is 10.2. The minimum absolute atomic E-state index is 0.0888. The molecule has 0 aromatic rings. The van der Waals surface area contributed by atoms with Gasteiger partial charge in [0.2, 0.25) is 0 Å². The first-order chi connectivity index (χ1) is 7.36. The van der Waals surface area contributed by atoms with Crippen molar-refractivity contribution in [2.75, 3.05) is 0 Å². The average molecular weight is 222 g/mol. The quantitative estimate of drug-likeness (QED) is 0.616. The van der Waals surface area contributed by atoms with Crippen LogP contribution >= 0.6 is 0 Å². The van der Waals surface area contributed by atoms with Crippen LogP contribution in [-0.2, 0) is 0 Å². The first-order valence-corrected chi connectivity index (χ1v) is 6.70. The van der Waals surface area contributed by atoms with Crippen LogP contribution in [0, 0.1) is 16.7 Å². The van der Waals surface area contributed by atoms with Crippen molar-refractivity contribution in [3.8, 4) is 0 Å². The van der Waals surface area contributed by atoms with E-state index in [0.29, 0.717) is 11.3 Å². The molecule has 0 aromatic carbocycles. The fourth-order valence-electron chi connectivity index (χ4n) is 3.99. The second-order valence-electron chi connectivity index (χ2n) is 6.88. The van der Waals surface area contributed by atoms with Crippen molar-refractivity contribution >= 4 is 0 Å². The first kappa shape index (κ1) is 12.2. The van der Waals surface area contributed by atoms with Crippen molar-refractivity contribution in [3.05, 3.63) is 11.6 Å². The van der Waals surface area contributed by atoms with Crippen LogP contribution in [0.5, 0.6) is 0 Å². The van der Waals surface area contributed by atoms with Gasteiger partial charge in [0.15, 0.2) is 0 Å². The van der Waals surface area contributed by atoms with Crippen LogP contribution in [0.4, 0.5) is 0 Å². The number of aliphatic hydroxyl groups is 1. The van der Waals surface area contributed by atoms with Crippen molar-refractivity contribution < 1.29 is 5.11 Å². The van der Waals surface area contributed by atoms with Gasteiger partial charge in [-0.2, -0.15) is 0 Å². The van der Waals surface area contributed by atoms with E-state index in [0.717, 1.165) is 6.42 Å². The molecular formula is C15H26O. The van der Waals surface area contributed by atoms with Crippen molar-refractivity contribution in [1.29, 1.82) is 0 Å². The lowest BCUT2D eigenvalue weighted by atomic mass is 9.53. The molecule has 1 heteroatoms. The fraction of sp³-hybridized carbons (Fsp3) is 0.867. The lowest BCUT2D eigenvalue weighted by molar-refractivity contribution is -0.0951. The standard InChI is InChI=1S/C15H26O/c1-11-5-6-12-14(2,3)13(16)8-10-15(12,4)9-7-11/h7,12-13,16H,5-6,8-10H2,1-4H3/t12?,13-,15-/m1/s1. The van der Waals surface area contributed by atoms with Crippen molar-refractivity contribution in [2.24, 2.45) is 16.7 Å². The summed E-state index contributed by atoms with van der Waals surface area (Å²) in [6, 6.07) is 0. The highest BCUT2D eigenvalue weighted by molar-refractivity contribution is 5.10. The van der Waals surface area contributed by atoms with Gasteiger partial charge in [-0.15, -0.1) is 0 Å². The molecular weight excluding hydrogens is 196 g/mol. The molecule has 1 nitrogen and oxygen atoms in total. The van der Waals surface area contributed by atoms with Gasteiger partial charge in [0.05, 0.1) is 6.10 Å². The van der Waals surface area contributed by atoms with Crippen LogP contribution in [0.15, 0.2) is 11.6 Å². The summed E-state index contributed by atoms with van der Waals surface area (Å²) in [7, 11) is 0. The van der Waals surface area contributed by atoms with E-state index in [9.17, 15) is 5.11 Å². The van der Waals surface area contributed by atoms with Crippen molar-refractivity contribution in [1.82, 2.24) is 0 Å². The van der Waals surface area contributed by atoms with Crippen molar-refractivity contribution in [3.63, 3.8) is 0 Å². The second-order valence-corrected chi connectivity index (χ2v) is 6.88. The monoisotopic (exact) mass is 222 g/mol. The van der Waals surface area contributed by atoms with Gasteiger partial charge in [0.1, 0.15) is 0 Å². The Kier molecular flexibility index (Phi) is 2.94. The van der Waals surface area contributed by atoms with Gasteiger partial charge in [0.25, 0.3) is 0 Å². The molecule has 92 valence electrons. The molecule has 1 fully saturated rings. The topological polar surface area (TPSA) is 20.2 Å². The van der Waals surface area contributed by atoms with E-state index in [1.165, 1.54) is 25.7 Å². The van der Waals surface area contributed by atoms with Crippen molar-refractivity contribution in [2.45, 2.75) is 65.9 Å². The maximum absolute atomic E-state index is 10.2. The number of fused-ring (bicyclic) bond motifs is 1. The SMILES string of the molecule is CC1=CC[C@]2(C)CC[C@@H](O)C(C)(C)C2CC1. The smallest absolute Gasteiger partial charge is 0.0594 e. The van der Waals surface area contributed by atoms with E-state index >= 15 is 0 Å². The van der Waals surface area contributed by atoms with Gasteiger partial charge >= 0.3 is 0 Å². The third kappa shape index (κ3) is 1.84. The maximum Gasteiger partial charge on any atom is 0.0594 e. The first-order valence-electron chi connectivity index (χ1n) is 6.70. The molecule has 2 rings (SSSR count). The third-order valence-corrected chi connectivity index (χ3v) is 5.33. The van der Waals surface area contributed by atoms with Gasteiger partial charge in [-0.05, 0) is 55.8 Å². The summed E-state index contributed by atoms with van der Waals surface area (Å²) >= 11 is 0. The summed E-state index contributed by atoms with van der Waals surface area (Å²) in [5.74, 6) is 0.664. The molecule has 0 spiro atoms. The zero-order chi connectivity index (χ0) is 12.0. The lowest BCUT2D eigenvalue weighted by Crippen LogP contribution is -2.49. The zero-order valence-electron chi connectivity index (χ0n) is 11.2. The summed E-state index contributed by atoms with van der Waals surface area (Å²) in [6.07, 6.45) is 8.18. The summed E-state index contributed by atoms with van der Waals surface area (Å²) in [5.41, 5.74) is 2.05. The molecule has 2 aliphatic carbocycles. The third-order valence-electron chi connectivity index (χ3n) is 5.33. The molecule has 0 saturated heterocycles. The molecule has 1 saturated carbocycles. The highest BCUT2D eigenvalue weighted by atomic mass is 16.3. The van der Waals surface area contributed by atoms with E-state index in [1.807, 2.05) is 0 Å². The predicted octanol–water partition coefficient (Wildman–Crippen LogP) is 3.92. The predicted molar refractivity (Wildman–Crippen MR) is 68.2 cm³/mol. The molecule has 1 unspecified atom stereocenters. The second kappa shape index (κ2) is 3.87. The Bertz CT molecular complexity index is 303. The molecule has 0 bridgehead atoms. The van der Waals surface area contributed by atoms with Crippen LogP contribution in [0.2, 0.25) is 0 Å². The molecule has 0 heterocycles. The average Bonchev–Trinajstić information content (AvgIpc) is 2.35. The molecule has 0 radical (unpaired) electrons. The Labute approximate surface area is 99.9 Å². The number of aliphatic hydroxyl groups excluding tert-OH is 1. The van der Waals surface area contributed by atoms with Gasteiger partial charge in [-0.1, -0.05) is 32.4 Å². The minimum Gasteiger partial charge on any atom is -0.393 e. The number of rotatable bonds is 0. The highest BCUT2D eigenvalue weighted by Crippen LogP contribution is 2.56. The molecule has 0 aromatic heterocycles. The van der Waals surface area contributed by atoms with E-state index in [1.54, 1.807) is 5.57 Å². The van der Waals surface area contributed by atoms with E-state index < -0.39 is 0 Å². The van der Waals surface area contributed by atoms with Crippen LogP contribution in [-0.4, -0.2) is 11.2 Å². The van der Waals surface area contributed by atoms with Gasteiger partial charge < -0.3 is 5.11 Å². The molecule has 3 atom stereocenters. The number of hydrogen-bond acceptors (Lipinski definition) is 1. The zero-order valence-corrected chi connectivity index (χ0v) is 11.2. The van der Waals surface area contributed by atoms with Crippen LogP contribution in [0.25, 0.3) is 0 Å². The van der Waals surface area contributed by atoms with E-state index in [2.05, 4.69) is 33.8 Å². The molecule has 2 aliphatic rings. The summed E-state index contributed by atoms with van der Waals surface area (Å²) in [6.45, 7) is 9.21. The lowest BCUT2D eigenvalue weighted by Gasteiger charge is -2.53. The fourth-order valence-corrected chi connectivity index (χ4v) is 3.99. The summed E-state index contributed by atoms with van der Waals surface area (Å²) in [5, 5.41) is 10.2. The van der Waals surface area contributed by atoms with Gasteiger partial charge in [0, 0.05) is 0 Å². The highest BCUT2D eigenvalue weighted by Gasteiger charge is 2.50. The molecule has 16 heavy (non-hydrogen) atoms. The normalized spacial score (nSPS) is 43.2. The van der Waals surface area contributed by atoms with Gasteiger partial charge in [-0.25, -0.2) is 0 Å². The number of allylic oxidation sites excluding steroid dienone is 2.